The summed E-state index contributed by atoms with van der Waals surface area (Å²) in [6.45, 7) is 6.20. The maximum absolute atomic E-state index is 13.4. The molecule has 30 heavy (non-hydrogen) atoms. The molecule has 5 heteroatoms. The highest BCUT2D eigenvalue weighted by atomic mass is 16.5. The summed E-state index contributed by atoms with van der Waals surface area (Å²) in [6, 6.07) is 14.2. The topological polar surface area (TPSA) is 58.6 Å². The van der Waals surface area contributed by atoms with E-state index in [4.69, 9.17) is 4.74 Å². The number of nitrogens with one attached hydrogen (secondary N) is 1. The average Bonchev–Trinajstić information content (AvgIpc) is 2.89. The summed E-state index contributed by atoms with van der Waals surface area (Å²) in [5.41, 5.74) is 4.25. The predicted molar refractivity (Wildman–Crippen MR) is 117 cm³/mol. The van der Waals surface area contributed by atoms with Gasteiger partial charge in [0.1, 0.15) is 5.75 Å². The Morgan fingerprint density at radius 1 is 1.20 bits per heavy atom. The lowest BCUT2D eigenvalue weighted by atomic mass is 9.86. The standard InChI is InChI=1S/C25H30N2O3/c1-4-22-25(29)27(21-11-7-9-17-8-5-6-10-20(17)21)15-18-14-19(12-13-23(18)30-22)26-24(28)16(2)3/h5-6,8,10,12-14,16,21-22H,4,7,9,11,15H2,1-3H3,(H,26,28)/t21-,22-/m1/s1. The molecule has 5 nitrogen and oxygen atoms in total. The zero-order valence-corrected chi connectivity index (χ0v) is 18.0. The molecule has 1 N–H and O–H groups in total. The van der Waals surface area contributed by atoms with E-state index in [1.807, 2.05) is 43.9 Å². The number of carbonyl (C=O) groups is 2. The van der Waals surface area contributed by atoms with Crippen LogP contribution in [0, 0.1) is 5.92 Å². The first-order valence-electron chi connectivity index (χ1n) is 11.0. The van der Waals surface area contributed by atoms with Crippen molar-refractivity contribution in [1.82, 2.24) is 4.90 Å². The van der Waals surface area contributed by atoms with Crippen molar-refractivity contribution in [3.05, 3.63) is 59.2 Å². The van der Waals surface area contributed by atoms with Crippen LogP contribution in [0.2, 0.25) is 0 Å². The normalized spacial score (nSPS) is 20.8. The largest absolute Gasteiger partial charge is 0.480 e. The molecule has 0 bridgehead atoms. The molecule has 2 aromatic rings. The van der Waals surface area contributed by atoms with Crippen molar-refractivity contribution in [3.63, 3.8) is 0 Å². The molecule has 0 fully saturated rings. The van der Waals surface area contributed by atoms with Crippen LogP contribution in [0.5, 0.6) is 5.75 Å². The molecule has 2 aliphatic rings. The van der Waals surface area contributed by atoms with Gasteiger partial charge in [-0.1, -0.05) is 45.0 Å². The number of carbonyl (C=O) groups excluding carboxylic acids is 2. The summed E-state index contributed by atoms with van der Waals surface area (Å²) in [5, 5.41) is 2.96. The summed E-state index contributed by atoms with van der Waals surface area (Å²) in [4.78, 5) is 27.6. The van der Waals surface area contributed by atoms with Crippen LogP contribution >= 0.6 is 0 Å². The van der Waals surface area contributed by atoms with Gasteiger partial charge in [-0.15, -0.1) is 0 Å². The van der Waals surface area contributed by atoms with Crippen LogP contribution in [0.4, 0.5) is 5.69 Å². The van der Waals surface area contributed by atoms with Crippen LogP contribution < -0.4 is 10.1 Å². The number of amides is 2. The molecule has 0 unspecified atom stereocenters. The van der Waals surface area contributed by atoms with Gasteiger partial charge in [-0.2, -0.15) is 0 Å². The van der Waals surface area contributed by atoms with Crippen LogP contribution in [0.15, 0.2) is 42.5 Å². The van der Waals surface area contributed by atoms with Gasteiger partial charge in [-0.25, -0.2) is 0 Å². The fourth-order valence-corrected chi connectivity index (χ4v) is 4.41. The Bertz CT molecular complexity index is 953. The number of nitrogens with zero attached hydrogens (tertiary/aromatic N) is 1. The van der Waals surface area contributed by atoms with Crippen LogP contribution in [0.3, 0.4) is 0 Å². The number of hydrogen-bond acceptors (Lipinski definition) is 3. The molecule has 1 aliphatic heterocycles. The van der Waals surface area contributed by atoms with E-state index in [9.17, 15) is 9.59 Å². The van der Waals surface area contributed by atoms with Crippen LogP contribution in [0.25, 0.3) is 0 Å². The van der Waals surface area contributed by atoms with Crippen molar-refractivity contribution in [1.29, 1.82) is 0 Å². The first-order valence-corrected chi connectivity index (χ1v) is 11.0. The first-order chi connectivity index (χ1) is 14.5. The minimum absolute atomic E-state index is 0.0231. The fraction of sp³-hybridized carbons (Fsp3) is 0.440. The van der Waals surface area contributed by atoms with Crippen LogP contribution in [0.1, 0.15) is 62.8 Å². The SMILES string of the molecule is CC[C@H]1Oc2ccc(NC(=O)C(C)C)cc2CN([C@@H]2CCCc3ccccc32)C1=O. The van der Waals surface area contributed by atoms with E-state index in [1.54, 1.807) is 0 Å². The van der Waals surface area contributed by atoms with Crippen molar-refractivity contribution >= 4 is 17.5 Å². The molecule has 2 amide bonds. The second kappa shape index (κ2) is 8.50. The number of benzene rings is 2. The Labute approximate surface area is 178 Å². The molecular formula is C25H30N2O3. The van der Waals surface area contributed by atoms with Gasteiger partial charge in [0, 0.05) is 17.2 Å². The third-order valence-corrected chi connectivity index (χ3v) is 6.11. The number of anilines is 1. The third kappa shape index (κ3) is 3.93. The summed E-state index contributed by atoms with van der Waals surface area (Å²) >= 11 is 0. The van der Waals surface area contributed by atoms with Crippen molar-refractivity contribution < 1.29 is 14.3 Å². The Morgan fingerprint density at radius 3 is 2.77 bits per heavy atom. The number of rotatable bonds is 4. The van der Waals surface area contributed by atoms with Gasteiger partial charge < -0.3 is 15.0 Å². The molecule has 1 aliphatic carbocycles. The van der Waals surface area contributed by atoms with E-state index >= 15 is 0 Å². The second-order valence-electron chi connectivity index (χ2n) is 8.55. The lowest BCUT2D eigenvalue weighted by Gasteiger charge is -2.36. The summed E-state index contributed by atoms with van der Waals surface area (Å²) in [6.07, 6.45) is 3.22. The van der Waals surface area contributed by atoms with Gasteiger partial charge in [-0.3, -0.25) is 9.59 Å². The maximum Gasteiger partial charge on any atom is 0.264 e. The molecule has 2 atom stereocenters. The molecule has 0 spiro atoms. The molecule has 0 saturated heterocycles. The van der Waals surface area contributed by atoms with E-state index in [-0.39, 0.29) is 23.8 Å². The third-order valence-electron chi connectivity index (χ3n) is 6.11. The lowest BCUT2D eigenvalue weighted by molar-refractivity contribution is -0.141. The Morgan fingerprint density at radius 2 is 2.00 bits per heavy atom. The number of fused-ring (bicyclic) bond motifs is 2. The van der Waals surface area contributed by atoms with Gasteiger partial charge in [-0.05, 0) is 55.0 Å². The van der Waals surface area contributed by atoms with Crippen molar-refractivity contribution in [3.8, 4) is 5.75 Å². The van der Waals surface area contributed by atoms with Gasteiger partial charge in [0.15, 0.2) is 6.10 Å². The fourth-order valence-electron chi connectivity index (χ4n) is 4.41. The number of ether oxygens (including phenoxy) is 1. The average molecular weight is 407 g/mol. The van der Waals surface area contributed by atoms with Crippen molar-refractivity contribution in [2.24, 2.45) is 5.92 Å². The van der Waals surface area contributed by atoms with Gasteiger partial charge in [0.05, 0.1) is 12.6 Å². The second-order valence-corrected chi connectivity index (χ2v) is 8.55. The Hall–Kier alpha value is -2.82. The van der Waals surface area contributed by atoms with E-state index in [0.717, 1.165) is 36.3 Å². The van der Waals surface area contributed by atoms with Crippen molar-refractivity contribution in [2.45, 2.75) is 65.1 Å². The zero-order chi connectivity index (χ0) is 21.3. The predicted octanol–water partition coefficient (Wildman–Crippen LogP) is 4.86. The molecule has 158 valence electrons. The van der Waals surface area contributed by atoms with Crippen LogP contribution in [-0.4, -0.2) is 22.8 Å². The van der Waals surface area contributed by atoms with Gasteiger partial charge >= 0.3 is 0 Å². The highest BCUT2D eigenvalue weighted by molar-refractivity contribution is 5.92. The smallest absolute Gasteiger partial charge is 0.264 e. The van der Waals surface area contributed by atoms with Gasteiger partial charge in [0.2, 0.25) is 5.91 Å². The molecule has 0 aromatic heterocycles. The Balaban J connectivity index is 1.70. The number of hydrogen-bond donors (Lipinski definition) is 1. The van der Waals surface area contributed by atoms with E-state index in [1.165, 1.54) is 11.1 Å². The first kappa shape index (κ1) is 20.5. The molecule has 2 aromatic carbocycles. The zero-order valence-electron chi connectivity index (χ0n) is 18.0. The highest BCUT2D eigenvalue weighted by Crippen LogP contribution is 2.39. The molecular weight excluding hydrogens is 376 g/mol. The monoisotopic (exact) mass is 406 g/mol. The Kier molecular flexibility index (Phi) is 5.80. The quantitative estimate of drug-likeness (QED) is 0.789. The minimum Gasteiger partial charge on any atom is -0.480 e. The number of aryl methyl sites for hydroxylation is 1. The molecule has 1 heterocycles. The summed E-state index contributed by atoms with van der Waals surface area (Å²) in [7, 11) is 0. The van der Waals surface area contributed by atoms with E-state index in [0.29, 0.717) is 13.0 Å². The van der Waals surface area contributed by atoms with Crippen molar-refractivity contribution in [2.75, 3.05) is 5.32 Å². The summed E-state index contributed by atoms with van der Waals surface area (Å²) in [5.74, 6) is 0.652. The maximum atomic E-state index is 13.4. The lowest BCUT2D eigenvalue weighted by Crippen LogP contribution is -2.42. The molecule has 4 rings (SSSR count). The highest BCUT2D eigenvalue weighted by Gasteiger charge is 2.36. The molecule has 0 radical (unpaired) electrons. The summed E-state index contributed by atoms with van der Waals surface area (Å²) < 4.78 is 6.13. The molecule has 0 saturated carbocycles. The van der Waals surface area contributed by atoms with Gasteiger partial charge in [0.25, 0.3) is 5.91 Å². The van der Waals surface area contributed by atoms with E-state index < -0.39 is 6.10 Å². The van der Waals surface area contributed by atoms with E-state index in [2.05, 4.69) is 29.6 Å². The van der Waals surface area contributed by atoms with Crippen LogP contribution in [-0.2, 0) is 22.6 Å². The minimum atomic E-state index is -0.489.